The summed E-state index contributed by atoms with van der Waals surface area (Å²) in [6.45, 7) is 12.5. The van der Waals surface area contributed by atoms with Crippen molar-refractivity contribution in [3.8, 4) is 0 Å². The van der Waals surface area contributed by atoms with Crippen LogP contribution >= 0.6 is 11.6 Å². The molecule has 2 N–H and O–H groups in total. The smallest absolute Gasteiger partial charge is 0.227 e. The van der Waals surface area contributed by atoms with E-state index in [9.17, 15) is 4.79 Å². The van der Waals surface area contributed by atoms with Gasteiger partial charge in [0.25, 0.3) is 0 Å². The minimum atomic E-state index is 0.0401. The van der Waals surface area contributed by atoms with Crippen molar-refractivity contribution in [1.82, 2.24) is 9.88 Å². The molecular weight excluding hydrogens is 384 g/mol. The number of carbonyl (C=O) groups is 1. The first-order chi connectivity index (χ1) is 13.8. The molecule has 0 bridgehead atoms. The van der Waals surface area contributed by atoms with Crippen LogP contribution in [0.4, 0.5) is 11.5 Å². The molecule has 1 aliphatic heterocycles. The van der Waals surface area contributed by atoms with E-state index in [0.717, 1.165) is 42.7 Å². The monoisotopic (exact) mass is 412 g/mol. The molecule has 1 aromatic heterocycles. The molecule has 1 fully saturated rings. The van der Waals surface area contributed by atoms with Crippen LogP contribution in [0.2, 0.25) is 5.02 Å². The van der Waals surface area contributed by atoms with Gasteiger partial charge in [0.15, 0.2) is 0 Å². The van der Waals surface area contributed by atoms with Crippen molar-refractivity contribution in [2.75, 3.05) is 23.7 Å². The lowest BCUT2D eigenvalue weighted by Gasteiger charge is -2.34. The third-order valence-electron chi connectivity index (χ3n) is 5.40. The van der Waals surface area contributed by atoms with Gasteiger partial charge in [-0.2, -0.15) is 0 Å². The molecule has 0 spiro atoms. The highest BCUT2D eigenvalue weighted by molar-refractivity contribution is 6.30. The van der Waals surface area contributed by atoms with Crippen LogP contribution in [0.1, 0.15) is 37.8 Å². The molecule has 0 atom stereocenters. The van der Waals surface area contributed by atoms with Gasteiger partial charge in [-0.3, -0.25) is 4.79 Å². The predicted molar refractivity (Wildman–Crippen MR) is 121 cm³/mol. The molecule has 0 unspecified atom stereocenters. The lowest BCUT2D eigenvalue weighted by atomic mass is 9.94. The van der Waals surface area contributed by atoms with Crippen LogP contribution < -0.4 is 10.6 Å². The number of nitrogens with zero attached hydrogens (tertiary/aromatic N) is 2. The van der Waals surface area contributed by atoms with E-state index < -0.39 is 0 Å². The predicted octanol–water partition coefficient (Wildman–Crippen LogP) is 5.19. The molecule has 1 amide bonds. The minimum Gasteiger partial charge on any atom is -0.340 e. The number of amides is 1. The second-order valence-corrected chi connectivity index (χ2v) is 8.34. The fraction of sp³-hybridized carbons (Fsp3) is 0.391. The number of piperidine rings is 1. The molecule has 1 aromatic carbocycles. The Morgan fingerprint density at radius 2 is 1.93 bits per heavy atom. The molecule has 154 valence electrons. The summed E-state index contributed by atoms with van der Waals surface area (Å²) in [7, 11) is 0. The summed E-state index contributed by atoms with van der Waals surface area (Å²) in [5.74, 6) is 0.772. The largest absolute Gasteiger partial charge is 0.340 e. The maximum atomic E-state index is 12.9. The number of hydrogen-bond acceptors (Lipinski definition) is 4. The van der Waals surface area contributed by atoms with Crippen LogP contribution in [0.25, 0.3) is 5.70 Å². The number of pyridine rings is 1. The fourth-order valence-corrected chi connectivity index (χ4v) is 3.71. The molecule has 0 aliphatic carbocycles. The van der Waals surface area contributed by atoms with Crippen molar-refractivity contribution in [3.05, 3.63) is 59.3 Å². The quantitative estimate of drug-likeness (QED) is 0.685. The molecule has 29 heavy (non-hydrogen) atoms. The van der Waals surface area contributed by atoms with Gasteiger partial charge in [-0.1, -0.05) is 29.8 Å². The normalized spacial score (nSPS) is 15.3. The lowest BCUT2D eigenvalue weighted by molar-refractivity contribution is -0.121. The van der Waals surface area contributed by atoms with Crippen LogP contribution in [0.3, 0.4) is 0 Å². The summed E-state index contributed by atoms with van der Waals surface area (Å²) in [5.41, 5.74) is 3.39. The van der Waals surface area contributed by atoms with Crippen LogP contribution in [0, 0.1) is 12.8 Å². The van der Waals surface area contributed by atoms with Gasteiger partial charge in [0.2, 0.25) is 5.91 Å². The number of halogens is 1. The zero-order valence-electron chi connectivity index (χ0n) is 17.3. The Morgan fingerprint density at radius 3 is 2.55 bits per heavy atom. The Morgan fingerprint density at radius 1 is 1.21 bits per heavy atom. The number of aromatic nitrogens is 1. The average Bonchev–Trinajstić information content (AvgIpc) is 2.71. The van der Waals surface area contributed by atoms with Crippen LogP contribution in [0.5, 0.6) is 0 Å². The van der Waals surface area contributed by atoms with E-state index >= 15 is 0 Å². The standard InChI is InChI=1S/C23H29ClN4O/c1-15(2)28-11-9-18(10-12-28)23(29)27-21-7-5-16(3)13-20(21)17(4)26-22-8-6-19(24)14-25-22/h5-8,13-15,18H,4,9-12H2,1-3H3,(H,25,26)(H,27,29). The maximum Gasteiger partial charge on any atom is 0.227 e. The molecule has 6 heteroatoms. The van der Waals surface area contributed by atoms with Crippen LogP contribution in [0.15, 0.2) is 43.1 Å². The highest BCUT2D eigenvalue weighted by Crippen LogP contribution is 2.27. The van der Waals surface area contributed by atoms with Crippen molar-refractivity contribution in [2.45, 2.75) is 39.7 Å². The van der Waals surface area contributed by atoms with E-state index in [1.165, 1.54) is 0 Å². The average molecular weight is 413 g/mol. The van der Waals surface area contributed by atoms with E-state index in [-0.39, 0.29) is 11.8 Å². The van der Waals surface area contributed by atoms with Gasteiger partial charge in [-0.15, -0.1) is 0 Å². The van der Waals surface area contributed by atoms with Gasteiger partial charge >= 0.3 is 0 Å². The van der Waals surface area contributed by atoms with Gasteiger partial charge in [0.1, 0.15) is 5.82 Å². The summed E-state index contributed by atoms with van der Waals surface area (Å²) >= 11 is 5.91. The molecule has 2 aromatic rings. The number of anilines is 2. The molecule has 1 saturated heterocycles. The molecule has 3 rings (SSSR count). The van der Waals surface area contributed by atoms with Crippen molar-refractivity contribution < 1.29 is 4.79 Å². The topological polar surface area (TPSA) is 57.3 Å². The number of hydrogen-bond donors (Lipinski definition) is 2. The van der Waals surface area contributed by atoms with Gasteiger partial charge in [-0.05, 0) is 71.0 Å². The molecule has 0 saturated carbocycles. The Kier molecular flexibility index (Phi) is 6.93. The van der Waals surface area contributed by atoms with Gasteiger partial charge in [-0.25, -0.2) is 4.98 Å². The Bertz CT molecular complexity index is 871. The minimum absolute atomic E-state index is 0.0401. The SMILES string of the molecule is C=C(Nc1ccc(Cl)cn1)c1cc(C)ccc1NC(=O)C1CCN(C(C)C)CC1. The molecule has 1 aliphatic rings. The van der Waals surface area contributed by atoms with Crippen molar-refractivity contribution in [1.29, 1.82) is 0 Å². The summed E-state index contributed by atoms with van der Waals surface area (Å²) in [6.07, 6.45) is 3.36. The lowest BCUT2D eigenvalue weighted by Crippen LogP contribution is -2.41. The van der Waals surface area contributed by atoms with Crippen LogP contribution in [-0.2, 0) is 4.79 Å². The van der Waals surface area contributed by atoms with E-state index in [1.807, 2.05) is 25.1 Å². The molecule has 2 heterocycles. The number of carbonyl (C=O) groups excluding carboxylic acids is 1. The number of benzene rings is 1. The molecular formula is C23H29ClN4O. The van der Waals surface area contributed by atoms with Crippen LogP contribution in [-0.4, -0.2) is 34.9 Å². The second-order valence-electron chi connectivity index (χ2n) is 7.91. The summed E-state index contributed by atoms with van der Waals surface area (Å²) in [6, 6.07) is 10.0. The van der Waals surface area contributed by atoms with E-state index in [4.69, 9.17) is 11.6 Å². The summed E-state index contributed by atoms with van der Waals surface area (Å²) in [5, 5.41) is 6.91. The van der Waals surface area contributed by atoms with Gasteiger partial charge in [0, 0.05) is 29.4 Å². The Hall–Kier alpha value is -2.37. The first kappa shape index (κ1) is 21.3. The highest BCUT2D eigenvalue weighted by atomic mass is 35.5. The zero-order valence-corrected chi connectivity index (χ0v) is 18.1. The summed E-state index contributed by atoms with van der Waals surface area (Å²) in [4.78, 5) is 19.6. The van der Waals surface area contributed by atoms with Crippen molar-refractivity contribution in [2.24, 2.45) is 5.92 Å². The second kappa shape index (κ2) is 9.42. The van der Waals surface area contributed by atoms with Crippen molar-refractivity contribution in [3.63, 3.8) is 0 Å². The van der Waals surface area contributed by atoms with Crippen molar-refractivity contribution >= 4 is 34.7 Å². The highest BCUT2D eigenvalue weighted by Gasteiger charge is 2.26. The Balaban J connectivity index is 1.70. The number of likely N-dealkylation sites (tertiary alicyclic amines) is 1. The molecule has 0 radical (unpaired) electrons. The zero-order chi connectivity index (χ0) is 21.0. The number of aryl methyl sites for hydroxylation is 1. The van der Waals surface area contributed by atoms with Gasteiger partial charge < -0.3 is 15.5 Å². The third-order valence-corrected chi connectivity index (χ3v) is 5.62. The van der Waals surface area contributed by atoms with E-state index in [0.29, 0.717) is 22.6 Å². The molecule has 5 nitrogen and oxygen atoms in total. The first-order valence-electron chi connectivity index (χ1n) is 10.1. The van der Waals surface area contributed by atoms with E-state index in [1.54, 1.807) is 18.3 Å². The first-order valence-corrected chi connectivity index (χ1v) is 10.4. The van der Waals surface area contributed by atoms with E-state index in [2.05, 4.69) is 40.9 Å². The number of nitrogens with one attached hydrogen (secondary N) is 2. The summed E-state index contributed by atoms with van der Waals surface area (Å²) < 4.78 is 0. The number of rotatable bonds is 6. The third kappa shape index (κ3) is 5.58. The van der Waals surface area contributed by atoms with Gasteiger partial charge in [0.05, 0.1) is 10.7 Å². The maximum absolute atomic E-state index is 12.9. The Labute approximate surface area is 178 Å². The fourth-order valence-electron chi connectivity index (χ4n) is 3.60.